The molecule has 1 aliphatic rings. The number of carbonyl (C=O) groups excluding carboxylic acids is 1. The third kappa shape index (κ3) is 3.59. The summed E-state index contributed by atoms with van der Waals surface area (Å²) in [5.41, 5.74) is 0.985. The normalized spacial score (nSPS) is 15.9. The molecule has 144 valence electrons. The first-order chi connectivity index (χ1) is 13.6. The van der Waals surface area contributed by atoms with E-state index in [2.05, 4.69) is 26.3 Å². The number of aromatic nitrogens is 2. The predicted molar refractivity (Wildman–Crippen MR) is 108 cm³/mol. The van der Waals surface area contributed by atoms with E-state index in [-0.39, 0.29) is 5.91 Å². The molecule has 1 saturated heterocycles. The van der Waals surface area contributed by atoms with Gasteiger partial charge in [-0.1, -0.05) is 28.1 Å². The van der Waals surface area contributed by atoms with E-state index in [0.717, 1.165) is 10.0 Å². The second kappa shape index (κ2) is 7.85. The van der Waals surface area contributed by atoms with Crippen molar-refractivity contribution in [1.82, 2.24) is 9.78 Å². The van der Waals surface area contributed by atoms with Gasteiger partial charge in [0.15, 0.2) is 5.82 Å². The van der Waals surface area contributed by atoms with E-state index >= 15 is 0 Å². The Morgan fingerprint density at radius 1 is 1.18 bits per heavy atom. The maximum Gasteiger partial charge on any atom is 0.235 e. The van der Waals surface area contributed by atoms with Crippen LogP contribution in [0.5, 0.6) is 0 Å². The lowest BCUT2D eigenvalue weighted by Gasteiger charge is -2.36. The molecule has 0 unspecified atom stereocenters. The average molecular weight is 444 g/mol. The zero-order valence-electron chi connectivity index (χ0n) is 15.1. The predicted octanol–water partition coefficient (Wildman–Crippen LogP) is 4.46. The molecule has 28 heavy (non-hydrogen) atoms. The SMILES string of the molecule is O=C(Nc1ccc(-n2cccn2)c(F)c1)C1(c2ccc(Br)cc2)CCOCC1. The molecule has 0 saturated carbocycles. The van der Waals surface area contributed by atoms with Crippen molar-refractivity contribution in [1.29, 1.82) is 0 Å². The number of nitrogens with zero attached hydrogens (tertiary/aromatic N) is 2. The van der Waals surface area contributed by atoms with Gasteiger partial charge in [-0.3, -0.25) is 4.79 Å². The molecule has 7 heteroatoms. The number of ether oxygens (including phenoxy) is 1. The van der Waals surface area contributed by atoms with Crippen LogP contribution in [0, 0.1) is 5.82 Å². The van der Waals surface area contributed by atoms with Gasteiger partial charge < -0.3 is 10.1 Å². The zero-order valence-corrected chi connectivity index (χ0v) is 16.7. The third-order valence-corrected chi connectivity index (χ3v) is 5.66. The summed E-state index contributed by atoms with van der Waals surface area (Å²) < 4.78 is 22.4. The Morgan fingerprint density at radius 2 is 1.93 bits per heavy atom. The van der Waals surface area contributed by atoms with Gasteiger partial charge in [0.25, 0.3) is 0 Å². The molecule has 4 rings (SSSR count). The molecule has 0 bridgehead atoms. The second-order valence-corrected chi connectivity index (χ2v) is 7.69. The number of halogens is 2. The van der Waals surface area contributed by atoms with E-state index in [1.165, 1.54) is 10.7 Å². The van der Waals surface area contributed by atoms with E-state index in [1.54, 1.807) is 30.6 Å². The highest BCUT2D eigenvalue weighted by molar-refractivity contribution is 9.10. The highest BCUT2D eigenvalue weighted by Gasteiger charge is 2.41. The molecule has 1 N–H and O–H groups in total. The standard InChI is InChI=1S/C21H19BrFN3O2/c22-16-4-2-15(3-5-16)21(8-12-28-13-9-21)20(27)25-17-6-7-19(18(23)14-17)26-11-1-10-24-26/h1-7,10-11,14H,8-9,12-13H2,(H,25,27). The summed E-state index contributed by atoms with van der Waals surface area (Å²) in [5, 5.41) is 6.94. The Labute approximate surface area is 170 Å². The van der Waals surface area contributed by atoms with Gasteiger partial charge in [0.2, 0.25) is 5.91 Å². The van der Waals surface area contributed by atoms with Crippen LogP contribution in [0.2, 0.25) is 0 Å². The van der Waals surface area contributed by atoms with Crippen LogP contribution < -0.4 is 5.32 Å². The number of benzene rings is 2. The molecule has 1 amide bonds. The Balaban J connectivity index is 1.61. The Kier molecular flexibility index (Phi) is 5.28. The van der Waals surface area contributed by atoms with Gasteiger partial charge in [0.05, 0.1) is 5.41 Å². The van der Waals surface area contributed by atoms with Gasteiger partial charge in [-0.15, -0.1) is 0 Å². The monoisotopic (exact) mass is 443 g/mol. The first-order valence-electron chi connectivity index (χ1n) is 9.03. The van der Waals surface area contributed by atoms with Crippen LogP contribution in [0.1, 0.15) is 18.4 Å². The Morgan fingerprint density at radius 3 is 2.57 bits per heavy atom. The molecule has 0 aliphatic carbocycles. The first kappa shape index (κ1) is 18.8. The van der Waals surface area contributed by atoms with Crippen LogP contribution in [-0.4, -0.2) is 28.9 Å². The molecule has 5 nitrogen and oxygen atoms in total. The lowest BCUT2D eigenvalue weighted by atomic mass is 9.73. The van der Waals surface area contributed by atoms with Crippen LogP contribution >= 0.6 is 15.9 Å². The summed E-state index contributed by atoms with van der Waals surface area (Å²) in [7, 11) is 0. The first-order valence-corrected chi connectivity index (χ1v) is 9.83. The second-order valence-electron chi connectivity index (χ2n) is 6.77. The van der Waals surface area contributed by atoms with E-state index < -0.39 is 11.2 Å². The van der Waals surface area contributed by atoms with Gasteiger partial charge in [0, 0.05) is 35.8 Å². The van der Waals surface area contributed by atoms with Gasteiger partial charge in [0.1, 0.15) is 5.69 Å². The average Bonchev–Trinajstić information content (AvgIpc) is 3.23. The fourth-order valence-corrected chi connectivity index (χ4v) is 3.83. The molecule has 2 heterocycles. The van der Waals surface area contributed by atoms with E-state index in [4.69, 9.17) is 4.74 Å². The molecule has 3 aromatic rings. The number of amides is 1. The maximum atomic E-state index is 14.5. The minimum atomic E-state index is -0.698. The van der Waals surface area contributed by atoms with Gasteiger partial charge in [-0.25, -0.2) is 9.07 Å². The van der Waals surface area contributed by atoms with Crippen molar-refractivity contribution in [2.45, 2.75) is 18.3 Å². The summed E-state index contributed by atoms with van der Waals surface area (Å²) in [4.78, 5) is 13.3. The number of carbonyl (C=O) groups is 1. The highest BCUT2D eigenvalue weighted by Crippen LogP contribution is 2.37. The zero-order chi connectivity index (χ0) is 19.6. The van der Waals surface area contributed by atoms with Crippen molar-refractivity contribution in [3.8, 4) is 5.69 Å². The molecular formula is C21H19BrFN3O2. The number of hydrogen-bond acceptors (Lipinski definition) is 3. The van der Waals surface area contributed by atoms with Crippen LogP contribution in [-0.2, 0) is 14.9 Å². The molecule has 1 aromatic heterocycles. The largest absolute Gasteiger partial charge is 0.381 e. The summed E-state index contributed by atoms with van der Waals surface area (Å²) in [6.07, 6.45) is 4.41. The Hall–Kier alpha value is -2.51. The number of hydrogen-bond donors (Lipinski definition) is 1. The third-order valence-electron chi connectivity index (χ3n) is 5.13. The molecule has 0 atom stereocenters. The highest BCUT2D eigenvalue weighted by atomic mass is 79.9. The summed E-state index contributed by atoms with van der Waals surface area (Å²) in [6, 6.07) is 14.1. The van der Waals surface area contributed by atoms with Crippen molar-refractivity contribution in [3.05, 3.63) is 76.8 Å². The van der Waals surface area contributed by atoms with Crippen LogP contribution in [0.25, 0.3) is 5.69 Å². The summed E-state index contributed by atoms with van der Waals surface area (Å²) >= 11 is 3.43. The topological polar surface area (TPSA) is 56.2 Å². The summed E-state index contributed by atoms with van der Waals surface area (Å²) in [5.74, 6) is -0.601. The van der Waals surface area contributed by atoms with Crippen molar-refractivity contribution in [3.63, 3.8) is 0 Å². The van der Waals surface area contributed by atoms with Crippen molar-refractivity contribution in [2.75, 3.05) is 18.5 Å². The van der Waals surface area contributed by atoms with Gasteiger partial charge in [-0.2, -0.15) is 5.10 Å². The maximum absolute atomic E-state index is 14.5. The quantitative estimate of drug-likeness (QED) is 0.647. The fraction of sp³-hybridized carbons (Fsp3) is 0.238. The molecule has 1 fully saturated rings. The van der Waals surface area contributed by atoms with Crippen LogP contribution in [0.3, 0.4) is 0 Å². The Bertz CT molecular complexity index is 968. The van der Waals surface area contributed by atoms with Crippen LogP contribution in [0.15, 0.2) is 65.4 Å². The molecule has 2 aromatic carbocycles. The minimum absolute atomic E-state index is 0.149. The fourth-order valence-electron chi connectivity index (χ4n) is 3.57. The molecular weight excluding hydrogens is 425 g/mol. The van der Waals surface area contributed by atoms with E-state index in [1.807, 2.05) is 24.3 Å². The van der Waals surface area contributed by atoms with Crippen molar-refractivity contribution in [2.24, 2.45) is 0 Å². The van der Waals surface area contributed by atoms with Crippen LogP contribution in [0.4, 0.5) is 10.1 Å². The number of rotatable bonds is 4. The summed E-state index contributed by atoms with van der Waals surface area (Å²) in [6.45, 7) is 1.02. The van der Waals surface area contributed by atoms with E-state index in [9.17, 15) is 9.18 Å². The van der Waals surface area contributed by atoms with Gasteiger partial charge >= 0.3 is 0 Å². The smallest absolute Gasteiger partial charge is 0.235 e. The van der Waals surface area contributed by atoms with E-state index in [0.29, 0.717) is 37.4 Å². The van der Waals surface area contributed by atoms with Crippen molar-refractivity contribution < 1.29 is 13.9 Å². The lowest BCUT2D eigenvalue weighted by Crippen LogP contribution is -2.44. The number of nitrogens with one attached hydrogen (secondary N) is 1. The molecule has 0 radical (unpaired) electrons. The molecule has 0 spiro atoms. The minimum Gasteiger partial charge on any atom is -0.381 e. The van der Waals surface area contributed by atoms with Crippen molar-refractivity contribution >= 4 is 27.5 Å². The number of anilines is 1. The lowest BCUT2D eigenvalue weighted by molar-refractivity contribution is -0.125. The molecule has 1 aliphatic heterocycles. The van der Waals surface area contributed by atoms with Gasteiger partial charge in [-0.05, 0) is 54.8 Å².